The minimum Gasteiger partial charge on any atom is -0.495 e. The van der Waals surface area contributed by atoms with Gasteiger partial charge < -0.3 is 25.1 Å². The Morgan fingerprint density at radius 1 is 1.17 bits per heavy atom. The Balaban J connectivity index is 1.97. The van der Waals surface area contributed by atoms with Gasteiger partial charge in [0.05, 0.1) is 18.2 Å². The highest BCUT2D eigenvalue weighted by molar-refractivity contribution is 6.58. The molecule has 7 heteroatoms. The van der Waals surface area contributed by atoms with Crippen LogP contribution in [-0.4, -0.2) is 34.8 Å². The number of hydrogen-bond donors (Lipinski definition) is 3. The Morgan fingerprint density at radius 3 is 2.46 bits per heavy atom. The number of methoxy groups -OCH3 is 1. The highest BCUT2D eigenvalue weighted by Crippen LogP contribution is 2.30. The fourth-order valence-electron chi connectivity index (χ4n) is 2.79. The van der Waals surface area contributed by atoms with Crippen molar-refractivity contribution in [3.05, 3.63) is 59.8 Å². The van der Waals surface area contributed by atoms with Gasteiger partial charge in [-0.3, -0.25) is 4.79 Å². The number of carbonyl (C=O) groups is 1. The molecule has 2 aromatic carbocycles. The molecule has 6 nitrogen and oxygen atoms in total. The number of rotatable bonds is 5. The van der Waals surface area contributed by atoms with E-state index < -0.39 is 13.0 Å². The number of primary amides is 1. The Morgan fingerprint density at radius 2 is 1.88 bits per heavy atom. The number of fused-ring (bicyclic) bond motifs is 1. The van der Waals surface area contributed by atoms with E-state index in [1.165, 1.54) is 7.11 Å². The minimum atomic E-state index is -1.47. The van der Waals surface area contributed by atoms with Crippen molar-refractivity contribution in [3.63, 3.8) is 0 Å². The summed E-state index contributed by atoms with van der Waals surface area (Å²) in [4.78, 5) is 11.5. The molecule has 4 N–H and O–H groups in total. The lowest BCUT2D eigenvalue weighted by Crippen LogP contribution is -2.29. The maximum absolute atomic E-state index is 11.5. The largest absolute Gasteiger partial charge is 0.495 e. The molecule has 0 saturated heterocycles. The van der Waals surface area contributed by atoms with Gasteiger partial charge in [-0.2, -0.15) is 0 Å². The summed E-state index contributed by atoms with van der Waals surface area (Å²) < 4.78 is 7.38. The van der Waals surface area contributed by atoms with Crippen LogP contribution in [0.15, 0.2) is 48.7 Å². The Bertz CT molecular complexity index is 887. The predicted octanol–water partition coefficient (Wildman–Crippen LogP) is 0.477. The number of nitrogens with two attached hydrogens (primary N) is 1. The van der Waals surface area contributed by atoms with Crippen molar-refractivity contribution in [2.75, 3.05) is 7.11 Å². The summed E-state index contributed by atoms with van der Waals surface area (Å²) >= 11 is 0. The van der Waals surface area contributed by atoms with E-state index in [9.17, 15) is 4.79 Å². The molecule has 3 aromatic rings. The maximum Gasteiger partial charge on any atom is 0.488 e. The molecule has 3 rings (SSSR count). The number of benzene rings is 2. The fraction of sp³-hybridized carbons (Fsp3) is 0.118. The molecule has 24 heavy (non-hydrogen) atoms. The summed E-state index contributed by atoms with van der Waals surface area (Å²) in [6.45, 7) is 0.602. The topological polar surface area (TPSA) is 97.7 Å². The van der Waals surface area contributed by atoms with Crippen molar-refractivity contribution in [1.29, 1.82) is 0 Å². The minimum absolute atomic E-state index is 0.351. The van der Waals surface area contributed by atoms with E-state index in [1.54, 1.807) is 18.2 Å². The van der Waals surface area contributed by atoms with Crippen molar-refractivity contribution in [2.45, 2.75) is 6.54 Å². The maximum atomic E-state index is 11.5. The highest BCUT2D eigenvalue weighted by atomic mass is 16.5. The predicted molar refractivity (Wildman–Crippen MR) is 92.4 cm³/mol. The van der Waals surface area contributed by atoms with Crippen LogP contribution in [0, 0.1) is 0 Å². The fourth-order valence-corrected chi connectivity index (χ4v) is 2.79. The molecule has 1 amide bonds. The van der Waals surface area contributed by atoms with Gasteiger partial charge in [-0.25, -0.2) is 0 Å². The van der Waals surface area contributed by atoms with Gasteiger partial charge in [0.25, 0.3) is 5.91 Å². The third kappa shape index (κ3) is 2.87. The van der Waals surface area contributed by atoms with Crippen LogP contribution in [0.5, 0.6) is 5.75 Å². The molecule has 0 saturated carbocycles. The Hall–Kier alpha value is -2.77. The summed E-state index contributed by atoms with van der Waals surface area (Å²) in [7, 11) is 0.0419. The Labute approximate surface area is 139 Å². The summed E-state index contributed by atoms with van der Waals surface area (Å²) in [5.74, 6) is -0.0582. The SMILES string of the molecule is COc1c(C(N)=O)ccc2c1ccn2Cc1ccc(B(O)O)cc1. The molecular formula is C17H17BN2O4. The van der Waals surface area contributed by atoms with Crippen molar-refractivity contribution in [3.8, 4) is 5.75 Å². The molecule has 0 aliphatic carbocycles. The van der Waals surface area contributed by atoms with Crippen LogP contribution >= 0.6 is 0 Å². The molecule has 0 aliphatic rings. The summed E-state index contributed by atoms with van der Waals surface area (Å²) in [6.07, 6.45) is 1.91. The molecule has 0 bridgehead atoms. The first-order valence-electron chi connectivity index (χ1n) is 7.42. The summed E-state index contributed by atoms with van der Waals surface area (Å²) in [6, 6.07) is 12.4. The average Bonchev–Trinajstić information content (AvgIpc) is 2.97. The monoisotopic (exact) mass is 324 g/mol. The van der Waals surface area contributed by atoms with E-state index in [0.717, 1.165) is 16.5 Å². The number of amides is 1. The molecular weight excluding hydrogens is 307 g/mol. The number of aromatic nitrogens is 1. The number of ether oxygens (including phenoxy) is 1. The van der Waals surface area contributed by atoms with Crippen LogP contribution in [0.4, 0.5) is 0 Å². The van der Waals surface area contributed by atoms with Crippen molar-refractivity contribution in [2.24, 2.45) is 5.73 Å². The molecule has 0 atom stereocenters. The van der Waals surface area contributed by atoms with Gasteiger partial charge in [0.2, 0.25) is 0 Å². The van der Waals surface area contributed by atoms with Gasteiger partial charge in [0.15, 0.2) is 0 Å². The summed E-state index contributed by atoms with van der Waals surface area (Å²) in [5, 5.41) is 19.1. The van der Waals surface area contributed by atoms with Crippen LogP contribution < -0.4 is 15.9 Å². The second kappa shape index (κ2) is 6.39. The number of carbonyl (C=O) groups excluding carboxylic acids is 1. The van der Waals surface area contributed by atoms with Gasteiger partial charge in [-0.05, 0) is 29.2 Å². The molecule has 0 unspecified atom stereocenters. The lowest BCUT2D eigenvalue weighted by atomic mass is 9.80. The number of hydrogen-bond acceptors (Lipinski definition) is 4. The van der Waals surface area contributed by atoms with Crippen LogP contribution in [-0.2, 0) is 6.54 Å². The lowest BCUT2D eigenvalue weighted by molar-refractivity contribution is 0.0997. The molecule has 1 aromatic heterocycles. The van der Waals surface area contributed by atoms with Gasteiger partial charge in [0.1, 0.15) is 5.75 Å². The van der Waals surface area contributed by atoms with Crippen LogP contribution in [0.1, 0.15) is 15.9 Å². The van der Waals surface area contributed by atoms with Gasteiger partial charge in [-0.1, -0.05) is 24.3 Å². The second-order valence-electron chi connectivity index (χ2n) is 5.50. The second-order valence-corrected chi connectivity index (χ2v) is 5.50. The average molecular weight is 324 g/mol. The van der Waals surface area contributed by atoms with Crippen LogP contribution in [0.25, 0.3) is 10.9 Å². The van der Waals surface area contributed by atoms with E-state index in [0.29, 0.717) is 23.3 Å². The van der Waals surface area contributed by atoms with E-state index >= 15 is 0 Å². The van der Waals surface area contributed by atoms with Gasteiger partial charge in [0, 0.05) is 18.1 Å². The van der Waals surface area contributed by atoms with Gasteiger partial charge >= 0.3 is 7.12 Å². The lowest BCUT2D eigenvalue weighted by Gasteiger charge is -2.10. The van der Waals surface area contributed by atoms with Crippen molar-refractivity contribution >= 4 is 29.4 Å². The summed E-state index contributed by atoms with van der Waals surface area (Å²) in [5.41, 5.74) is 8.11. The molecule has 0 fully saturated rings. The van der Waals surface area contributed by atoms with E-state index in [4.69, 9.17) is 20.5 Å². The third-order valence-electron chi connectivity index (χ3n) is 4.00. The standard InChI is InChI=1S/C17H17BN2O4/c1-24-16-13-8-9-20(15(13)7-6-14(16)17(19)21)10-11-2-4-12(5-3-11)18(22)23/h2-9,22-23H,10H2,1H3,(H2,19,21). The highest BCUT2D eigenvalue weighted by Gasteiger charge is 2.15. The quantitative estimate of drug-likeness (QED) is 0.595. The first-order chi connectivity index (χ1) is 11.5. The third-order valence-corrected chi connectivity index (χ3v) is 4.00. The molecule has 0 spiro atoms. The zero-order valence-electron chi connectivity index (χ0n) is 13.1. The first-order valence-corrected chi connectivity index (χ1v) is 7.42. The van der Waals surface area contributed by atoms with Crippen LogP contribution in [0.2, 0.25) is 0 Å². The molecule has 1 heterocycles. The molecule has 122 valence electrons. The van der Waals surface area contributed by atoms with Crippen LogP contribution in [0.3, 0.4) is 0 Å². The molecule has 0 radical (unpaired) electrons. The zero-order chi connectivity index (χ0) is 17.3. The first kappa shape index (κ1) is 16.1. The van der Waals surface area contributed by atoms with Crippen molar-refractivity contribution < 1.29 is 19.6 Å². The van der Waals surface area contributed by atoms with E-state index in [1.807, 2.05) is 35.0 Å². The normalized spacial score (nSPS) is 10.8. The Kier molecular flexibility index (Phi) is 4.29. The smallest absolute Gasteiger partial charge is 0.488 e. The van der Waals surface area contributed by atoms with Crippen molar-refractivity contribution in [1.82, 2.24) is 4.57 Å². The zero-order valence-corrected chi connectivity index (χ0v) is 13.1. The van der Waals surface area contributed by atoms with E-state index in [2.05, 4.69) is 0 Å². The van der Waals surface area contributed by atoms with E-state index in [-0.39, 0.29) is 0 Å². The number of nitrogens with zero attached hydrogens (tertiary/aromatic N) is 1. The van der Waals surface area contributed by atoms with Gasteiger partial charge in [-0.15, -0.1) is 0 Å². The molecule has 0 aliphatic heterocycles.